The quantitative estimate of drug-likeness (QED) is 0.584. The molecule has 6 heteroatoms. The second kappa shape index (κ2) is 8.33. The summed E-state index contributed by atoms with van der Waals surface area (Å²) in [5.41, 5.74) is 3.55. The molecule has 0 atom stereocenters. The number of benzene rings is 2. The van der Waals surface area contributed by atoms with Crippen molar-refractivity contribution in [1.82, 2.24) is 4.90 Å². The fourth-order valence-corrected chi connectivity index (χ4v) is 4.35. The van der Waals surface area contributed by atoms with Crippen LogP contribution in [0.15, 0.2) is 52.9 Å². The van der Waals surface area contributed by atoms with Gasteiger partial charge in [0.05, 0.1) is 0 Å². The van der Waals surface area contributed by atoms with Gasteiger partial charge in [-0.3, -0.25) is 9.59 Å². The van der Waals surface area contributed by atoms with Gasteiger partial charge in [0.15, 0.2) is 11.5 Å². The molecule has 0 unspecified atom stereocenters. The van der Waals surface area contributed by atoms with Crippen molar-refractivity contribution < 1.29 is 14.0 Å². The van der Waals surface area contributed by atoms with Crippen LogP contribution in [0.1, 0.15) is 33.4 Å². The van der Waals surface area contributed by atoms with Crippen molar-refractivity contribution >= 4 is 40.1 Å². The van der Waals surface area contributed by atoms with Crippen LogP contribution in [0.4, 0.5) is 5.69 Å². The van der Waals surface area contributed by atoms with Gasteiger partial charge in [-0.05, 0) is 43.5 Å². The first-order chi connectivity index (χ1) is 14.1. The molecular formula is C23H24N2O3S. The van der Waals surface area contributed by atoms with Gasteiger partial charge in [-0.2, -0.15) is 11.8 Å². The predicted molar refractivity (Wildman–Crippen MR) is 118 cm³/mol. The maximum atomic E-state index is 13.2. The molecule has 0 spiro atoms. The van der Waals surface area contributed by atoms with Crippen molar-refractivity contribution in [1.29, 1.82) is 0 Å². The van der Waals surface area contributed by atoms with Gasteiger partial charge < -0.3 is 14.2 Å². The zero-order valence-corrected chi connectivity index (χ0v) is 17.5. The number of Topliss-reactive ketones (excluding diaryl/α,β-unsaturated/α-hetero) is 1. The van der Waals surface area contributed by atoms with Gasteiger partial charge >= 0.3 is 0 Å². The molecule has 0 N–H and O–H groups in total. The highest BCUT2D eigenvalue weighted by molar-refractivity contribution is 7.97. The minimum atomic E-state index is -0.0307. The zero-order chi connectivity index (χ0) is 20.4. The third-order valence-electron chi connectivity index (χ3n) is 5.39. The number of fused-ring (bicyclic) bond motifs is 1. The van der Waals surface area contributed by atoms with Gasteiger partial charge in [0.1, 0.15) is 5.58 Å². The molecule has 150 valence electrons. The number of amides is 1. The lowest BCUT2D eigenvalue weighted by Crippen LogP contribution is -2.48. The highest BCUT2D eigenvalue weighted by atomic mass is 32.2. The van der Waals surface area contributed by atoms with E-state index in [0.29, 0.717) is 24.4 Å². The van der Waals surface area contributed by atoms with Crippen LogP contribution in [0, 0.1) is 0 Å². The molecule has 1 aromatic heterocycles. The Hall–Kier alpha value is -2.73. The van der Waals surface area contributed by atoms with Crippen LogP contribution < -0.4 is 4.90 Å². The van der Waals surface area contributed by atoms with E-state index < -0.39 is 0 Å². The summed E-state index contributed by atoms with van der Waals surface area (Å²) in [7, 11) is 0. The molecule has 1 aliphatic rings. The molecule has 2 heterocycles. The minimum Gasteiger partial charge on any atom is -0.451 e. The smallest absolute Gasteiger partial charge is 0.290 e. The van der Waals surface area contributed by atoms with E-state index in [1.165, 1.54) is 0 Å². The summed E-state index contributed by atoms with van der Waals surface area (Å²) in [6.45, 7) is 4.36. The van der Waals surface area contributed by atoms with E-state index in [1.54, 1.807) is 18.7 Å². The fraction of sp³-hybridized carbons (Fsp3) is 0.304. The molecule has 2 aromatic carbocycles. The zero-order valence-electron chi connectivity index (χ0n) is 16.7. The molecule has 0 aliphatic carbocycles. The molecule has 5 nitrogen and oxygen atoms in total. The van der Waals surface area contributed by atoms with Crippen LogP contribution in [0.5, 0.6) is 0 Å². The number of nitrogens with zero attached hydrogens (tertiary/aromatic N) is 2. The van der Waals surface area contributed by atoms with E-state index in [9.17, 15) is 9.59 Å². The van der Waals surface area contributed by atoms with E-state index in [4.69, 9.17) is 4.42 Å². The molecule has 1 amide bonds. The first kappa shape index (κ1) is 19.6. The van der Waals surface area contributed by atoms with Crippen LogP contribution >= 0.6 is 11.8 Å². The molecule has 3 aromatic rings. The number of carbonyl (C=O) groups is 2. The number of carbonyl (C=O) groups excluding carboxylic acids is 2. The lowest BCUT2D eigenvalue weighted by atomic mass is 10.1. The topological polar surface area (TPSA) is 53.8 Å². The number of hydrogen-bond donors (Lipinski definition) is 0. The minimum absolute atomic E-state index is 0.0307. The van der Waals surface area contributed by atoms with Gasteiger partial charge in [-0.15, -0.1) is 0 Å². The molecule has 1 aliphatic heterocycles. The van der Waals surface area contributed by atoms with Crippen molar-refractivity contribution in [2.75, 3.05) is 37.3 Å². The van der Waals surface area contributed by atoms with Gasteiger partial charge in [-0.1, -0.05) is 18.2 Å². The fourth-order valence-electron chi connectivity index (χ4n) is 3.78. The number of ketones is 1. The van der Waals surface area contributed by atoms with Crippen molar-refractivity contribution in [2.24, 2.45) is 0 Å². The van der Waals surface area contributed by atoms with Crippen LogP contribution in [-0.4, -0.2) is 49.0 Å². The van der Waals surface area contributed by atoms with Crippen LogP contribution in [0.25, 0.3) is 11.0 Å². The Morgan fingerprint density at radius 3 is 2.34 bits per heavy atom. The Kier molecular flexibility index (Phi) is 5.62. The number of para-hydroxylation sites is 1. The Morgan fingerprint density at radius 2 is 1.69 bits per heavy atom. The van der Waals surface area contributed by atoms with E-state index >= 15 is 0 Å². The number of anilines is 1. The first-order valence-corrected chi connectivity index (χ1v) is 11.1. The van der Waals surface area contributed by atoms with Gasteiger partial charge in [0.25, 0.3) is 5.91 Å². The third-order valence-corrected chi connectivity index (χ3v) is 5.96. The summed E-state index contributed by atoms with van der Waals surface area (Å²) in [6, 6.07) is 15.5. The molecule has 29 heavy (non-hydrogen) atoms. The number of hydrogen-bond acceptors (Lipinski definition) is 5. The Morgan fingerprint density at radius 1 is 1.00 bits per heavy atom. The number of thioether (sulfide) groups is 1. The van der Waals surface area contributed by atoms with E-state index in [-0.39, 0.29) is 11.7 Å². The lowest BCUT2D eigenvalue weighted by Gasteiger charge is -2.36. The number of piperazine rings is 1. The molecular weight excluding hydrogens is 384 g/mol. The van der Waals surface area contributed by atoms with Crippen LogP contribution in [-0.2, 0) is 5.75 Å². The van der Waals surface area contributed by atoms with Gasteiger partial charge in [0, 0.05) is 54.1 Å². The van der Waals surface area contributed by atoms with Crippen molar-refractivity contribution in [2.45, 2.75) is 12.7 Å². The predicted octanol–water partition coefficient (Wildman–Crippen LogP) is 4.46. The number of furan rings is 1. The summed E-state index contributed by atoms with van der Waals surface area (Å²) in [5.74, 6) is 1.26. The SMILES string of the molecule is CSCc1c(C(=O)N2CCN(c3ccc(C(C)=O)cc3)CC2)oc2ccccc12. The molecule has 4 rings (SSSR count). The van der Waals surface area contributed by atoms with Gasteiger partial charge in [-0.25, -0.2) is 0 Å². The monoisotopic (exact) mass is 408 g/mol. The Labute approximate surface area is 174 Å². The average Bonchev–Trinajstić information content (AvgIpc) is 3.12. The summed E-state index contributed by atoms with van der Waals surface area (Å²) in [6.07, 6.45) is 2.03. The second-order valence-electron chi connectivity index (χ2n) is 7.22. The normalized spacial score (nSPS) is 14.4. The van der Waals surface area contributed by atoms with Crippen molar-refractivity contribution in [3.8, 4) is 0 Å². The van der Waals surface area contributed by atoms with Gasteiger partial charge in [0.2, 0.25) is 0 Å². The molecule has 1 saturated heterocycles. The standard InChI is InChI=1S/C23H24N2O3S/c1-16(26)17-7-9-18(10-8-17)24-11-13-25(14-12-24)23(27)22-20(15-29-2)19-5-3-4-6-21(19)28-22/h3-10H,11-15H2,1-2H3. The summed E-state index contributed by atoms with van der Waals surface area (Å²) in [4.78, 5) is 28.8. The van der Waals surface area contributed by atoms with E-state index in [2.05, 4.69) is 4.90 Å². The maximum absolute atomic E-state index is 13.2. The molecule has 0 radical (unpaired) electrons. The third kappa shape index (κ3) is 3.90. The largest absolute Gasteiger partial charge is 0.451 e. The molecule has 0 bridgehead atoms. The van der Waals surface area contributed by atoms with Crippen LogP contribution in [0.2, 0.25) is 0 Å². The Bertz CT molecular complexity index is 1030. The highest BCUT2D eigenvalue weighted by Gasteiger charge is 2.28. The second-order valence-corrected chi connectivity index (χ2v) is 8.09. The summed E-state index contributed by atoms with van der Waals surface area (Å²) in [5, 5.41) is 1.02. The van der Waals surface area contributed by atoms with E-state index in [1.807, 2.05) is 59.7 Å². The first-order valence-electron chi connectivity index (χ1n) is 9.73. The Balaban J connectivity index is 1.48. The van der Waals surface area contributed by atoms with Crippen molar-refractivity contribution in [3.63, 3.8) is 0 Å². The van der Waals surface area contributed by atoms with Crippen molar-refractivity contribution in [3.05, 3.63) is 65.4 Å². The summed E-state index contributed by atoms with van der Waals surface area (Å²) >= 11 is 1.69. The van der Waals surface area contributed by atoms with Crippen LogP contribution in [0.3, 0.4) is 0 Å². The molecule has 1 fully saturated rings. The molecule has 0 saturated carbocycles. The lowest BCUT2D eigenvalue weighted by molar-refractivity contribution is 0.0716. The summed E-state index contributed by atoms with van der Waals surface area (Å²) < 4.78 is 5.96. The average molecular weight is 409 g/mol. The maximum Gasteiger partial charge on any atom is 0.290 e. The highest BCUT2D eigenvalue weighted by Crippen LogP contribution is 2.30. The van der Waals surface area contributed by atoms with E-state index in [0.717, 1.165) is 41.1 Å². The number of rotatable bonds is 5.